The van der Waals surface area contributed by atoms with E-state index in [-0.39, 0.29) is 26.2 Å². The van der Waals surface area contributed by atoms with Crippen molar-refractivity contribution in [3.05, 3.63) is 71.1 Å². The number of halogens is 3. The van der Waals surface area contributed by atoms with Crippen molar-refractivity contribution < 1.29 is 39.4 Å². The Labute approximate surface area is 147 Å². The van der Waals surface area contributed by atoms with Crippen LogP contribution in [0.1, 0.15) is 30.0 Å². The number of hydrogen-bond acceptors (Lipinski definition) is 0. The van der Waals surface area contributed by atoms with Crippen molar-refractivity contribution in [2.45, 2.75) is 19.5 Å². The van der Waals surface area contributed by atoms with E-state index < -0.39 is 11.7 Å². The molecule has 111 valence electrons. The molecule has 0 fully saturated rings. The average Bonchev–Trinajstić information content (AvgIpc) is 2.89. The molecule has 1 radical (unpaired) electrons. The van der Waals surface area contributed by atoms with Crippen LogP contribution in [0.3, 0.4) is 0 Å². The van der Waals surface area contributed by atoms with Crippen LogP contribution >= 0.6 is 0 Å². The molecule has 0 aromatic heterocycles. The van der Waals surface area contributed by atoms with Gasteiger partial charge in [-0.15, -0.1) is 0 Å². The maximum Gasteiger partial charge on any atom is 0.416 e. The van der Waals surface area contributed by atoms with Crippen molar-refractivity contribution in [2.24, 2.45) is 0 Å². The zero-order chi connectivity index (χ0) is 15.0. The quantitative estimate of drug-likeness (QED) is 0.626. The molecule has 0 aliphatic heterocycles. The molecule has 0 nitrogen and oxygen atoms in total. The molecular formula is C18H14F3Zr. The second-order valence-corrected chi connectivity index (χ2v) is 5.10. The van der Waals surface area contributed by atoms with E-state index in [1.54, 1.807) is 0 Å². The number of rotatable bonds is 2. The van der Waals surface area contributed by atoms with Gasteiger partial charge < -0.3 is 0 Å². The van der Waals surface area contributed by atoms with Crippen LogP contribution in [0.5, 0.6) is 0 Å². The minimum Gasteiger partial charge on any atom is -0.166 e. The molecule has 1 aliphatic carbocycles. The van der Waals surface area contributed by atoms with Crippen LogP contribution in [-0.4, -0.2) is 0 Å². The summed E-state index contributed by atoms with van der Waals surface area (Å²) in [5.74, 6) is 0. The predicted octanol–water partition coefficient (Wildman–Crippen LogP) is 5.73. The number of fused-ring (bicyclic) bond motifs is 1. The van der Waals surface area contributed by atoms with E-state index in [1.165, 1.54) is 17.7 Å². The van der Waals surface area contributed by atoms with Crippen LogP contribution < -0.4 is 0 Å². The second-order valence-electron chi connectivity index (χ2n) is 5.10. The number of benzene rings is 2. The predicted molar refractivity (Wildman–Crippen MR) is 78.6 cm³/mol. The van der Waals surface area contributed by atoms with Crippen LogP contribution in [0, 0.1) is 6.42 Å². The van der Waals surface area contributed by atoms with Gasteiger partial charge in [0.05, 0.1) is 5.56 Å². The summed E-state index contributed by atoms with van der Waals surface area (Å²) in [5, 5.41) is 0. The Morgan fingerprint density at radius 1 is 0.955 bits per heavy atom. The van der Waals surface area contributed by atoms with Crippen molar-refractivity contribution in [1.82, 2.24) is 0 Å². The Balaban J connectivity index is 0.00000176. The van der Waals surface area contributed by atoms with Gasteiger partial charge in [0.25, 0.3) is 0 Å². The van der Waals surface area contributed by atoms with Gasteiger partial charge >= 0.3 is 6.18 Å². The third-order valence-corrected chi connectivity index (χ3v) is 3.74. The van der Waals surface area contributed by atoms with E-state index >= 15 is 0 Å². The van der Waals surface area contributed by atoms with Gasteiger partial charge in [-0.25, -0.2) is 0 Å². The summed E-state index contributed by atoms with van der Waals surface area (Å²) in [6, 6.07) is 11.3. The molecule has 0 bridgehead atoms. The fourth-order valence-electron chi connectivity index (χ4n) is 2.59. The number of alkyl halides is 3. The summed E-state index contributed by atoms with van der Waals surface area (Å²) in [7, 11) is 0. The first-order valence-electron chi connectivity index (χ1n) is 6.85. The molecular weight excluding hydrogens is 364 g/mol. The molecule has 2 aromatic carbocycles. The fraction of sp³-hybridized carbons (Fsp3) is 0.167. The first-order valence-corrected chi connectivity index (χ1v) is 6.85. The molecule has 0 heterocycles. The molecule has 4 heteroatoms. The molecule has 0 unspecified atom stereocenters. The van der Waals surface area contributed by atoms with E-state index in [1.807, 2.05) is 18.2 Å². The van der Waals surface area contributed by atoms with Gasteiger partial charge in [-0.05, 0) is 40.8 Å². The van der Waals surface area contributed by atoms with Crippen LogP contribution in [0.25, 0.3) is 17.2 Å². The summed E-state index contributed by atoms with van der Waals surface area (Å²) < 4.78 is 37.9. The van der Waals surface area contributed by atoms with Gasteiger partial charge in [0.1, 0.15) is 0 Å². The summed E-state index contributed by atoms with van der Waals surface area (Å²) in [6.07, 6.45) is 0.895. The molecule has 0 saturated heterocycles. The van der Waals surface area contributed by atoms with Gasteiger partial charge in [0, 0.05) is 32.6 Å². The first-order chi connectivity index (χ1) is 9.99. The second kappa shape index (κ2) is 6.54. The van der Waals surface area contributed by atoms with E-state index in [0.717, 1.165) is 40.8 Å². The van der Waals surface area contributed by atoms with Crippen molar-refractivity contribution in [3.8, 4) is 11.1 Å². The molecule has 0 atom stereocenters. The van der Waals surface area contributed by atoms with Crippen molar-refractivity contribution >= 4 is 6.08 Å². The number of allylic oxidation sites excluding steroid dienone is 1. The Hall–Kier alpha value is -1.15. The van der Waals surface area contributed by atoms with Gasteiger partial charge in [0.15, 0.2) is 0 Å². The average molecular weight is 379 g/mol. The topological polar surface area (TPSA) is 0 Å². The molecule has 1 aliphatic rings. The zero-order valence-corrected chi connectivity index (χ0v) is 14.5. The van der Waals surface area contributed by atoms with Crippen molar-refractivity contribution in [1.29, 1.82) is 0 Å². The number of hydrogen-bond donors (Lipinski definition) is 0. The molecule has 0 spiro atoms. The summed E-state index contributed by atoms with van der Waals surface area (Å²) >= 11 is 0. The molecule has 0 amide bonds. The Morgan fingerprint density at radius 2 is 1.64 bits per heavy atom. The third kappa shape index (κ3) is 3.27. The summed E-state index contributed by atoms with van der Waals surface area (Å²) in [5.41, 5.74) is 4.63. The fourth-order valence-corrected chi connectivity index (χ4v) is 2.59. The molecule has 22 heavy (non-hydrogen) atoms. The van der Waals surface area contributed by atoms with Gasteiger partial charge in [-0.3, -0.25) is 0 Å². The van der Waals surface area contributed by atoms with Gasteiger partial charge in [-0.2, -0.15) is 13.2 Å². The van der Waals surface area contributed by atoms with E-state index in [0.29, 0.717) is 0 Å². The van der Waals surface area contributed by atoms with Crippen LogP contribution in [0.4, 0.5) is 13.2 Å². The van der Waals surface area contributed by atoms with E-state index in [2.05, 4.69) is 19.4 Å². The Morgan fingerprint density at radius 3 is 2.23 bits per heavy atom. The van der Waals surface area contributed by atoms with Crippen molar-refractivity contribution in [3.63, 3.8) is 0 Å². The first kappa shape index (κ1) is 17.2. The largest absolute Gasteiger partial charge is 0.416 e. The zero-order valence-electron chi connectivity index (χ0n) is 12.0. The van der Waals surface area contributed by atoms with Crippen LogP contribution in [0.2, 0.25) is 0 Å². The Kier molecular flexibility index (Phi) is 5.11. The molecule has 0 N–H and O–H groups in total. The normalized spacial score (nSPS) is 13.4. The molecule has 3 rings (SSSR count). The van der Waals surface area contributed by atoms with E-state index in [4.69, 9.17) is 0 Å². The summed E-state index contributed by atoms with van der Waals surface area (Å²) in [4.78, 5) is 0. The SMILES string of the molecule is CCC1=Cc2c(cccc2-c2ccc(C(F)(F)F)cc2)[CH]1.[Zr]. The minimum atomic E-state index is -4.29. The van der Waals surface area contributed by atoms with Gasteiger partial charge in [-0.1, -0.05) is 48.9 Å². The third-order valence-electron chi connectivity index (χ3n) is 3.74. The van der Waals surface area contributed by atoms with Gasteiger partial charge in [0.2, 0.25) is 0 Å². The Bertz CT molecular complexity index is 697. The summed E-state index contributed by atoms with van der Waals surface area (Å²) in [6.45, 7) is 2.09. The maximum atomic E-state index is 12.6. The monoisotopic (exact) mass is 377 g/mol. The standard InChI is InChI=1S/C18H14F3.Zr/c1-2-12-10-14-4-3-5-16(17(14)11-12)13-6-8-15(9-7-13)18(19,20)21;/h3-11H,2H2,1H3;. The van der Waals surface area contributed by atoms with Crippen molar-refractivity contribution in [2.75, 3.05) is 0 Å². The maximum absolute atomic E-state index is 12.6. The molecule has 2 aromatic rings. The molecule has 0 saturated carbocycles. The minimum absolute atomic E-state index is 0. The smallest absolute Gasteiger partial charge is 0.166 e. The van der Waals surface area contributed by atoms with E-state index in [9.17, 15) is 13.2 Å². The van der Waals surface area contributed by atoms with Crippen LogP contribution in [-0.2, 0) is 32.4 Å². The van der Waals surface area contributed by atoms with Crippen LogP contribution in [0.15, 0.2) is 48.0 Å².